The van der Waals surface area contributed by atoms with Gasteiger partial charge in [-0.3, -0.25) is 10.1 Å². The molecule has 1 N–H and O–H groups in total. The van der Waals surface area contributed by atoms with Crippen LogP contribution >= 0.6 is 0 Å². The monoisotopic (exact) mass is 413 g/mol. The summed E-state index contributed by atoms with van der Waals surface area (Å²) in [6.07, 6.45) is 0. The van der Waals surface area contributed by atoms with E-state index in [1.165, 1.54) is 12.1 Å². The Labute approximate surface area is 180 Å². The third-order valence-electron chi connectivity index (χ3n) is 5.16. The zero-order valence-corrected chi connectivity index (χ0v) is 17.4. The van der Waals surface area contributed by atoms with Gasteiger partial charge in [0, 0.05) is 47.5 Å². The minimum atomic E-state index is -0.414. The number of nitro groups is 1. The fourth-order valence-electron chi connectivity index (χ4n) is 3.57. The average Bonchev–Trinajstić information content (AvgIpc) is 2.80. The highest BCUT2D eigenvalue weighted by molar-refractivity contribution is 5.92. The standard InChI is InChI=1S/C24H23N5O2/c1-3-28(4-2)19-11-8-10-18(16-19)25-24-21-13-5-6-14-22(21)26-23(27-24)17-9-7-12-20(15-17)29(30)31/h5-16H,3-4H2,1-2H3,(H,25,26,27). The van der Waals surface area contributed by atoms with Crippen LogP contribution in [0.4, 0.5) is 22.9 Å². The summed E-state index contributed by atoms with van der Waals surface area (Å²) < 4.78 is 0. The van der Waals surface area contributed by atoms with Gasteiger partial charge in [0.05, 0.1) is 10.4 Å². The van der Waals surface area contributed by atoms with E-state index in [9.17, 15) is 10.1 Å². The zero-order valence-electron chi connectivity index (χ0n) is 17.4. The number of anilines is 3. The molecule has 4 aromatic rings. The van der Waals surface area contributed by atoms with Gasteiger partial charge in [0.25, 0.3) is 5.69 Å². The van der Waals surface area contributed by atoms with Crippen LogP contribution in [0.1, 0.15) is 13.8 Å². The van der Waals surface area contributed by atoms with Crippen molar-refractivity contribution in [3.63, 3.8) is 0 Å². The van der Waals surface area contributed by atoms with Crippen molar-refractivity contribution in [2.45, 2.75) is 13.8 Å². The molecule has 0 atom stereocenters. The molecule has 0 unspecified atom stereocenters. The summed E-state index contributed by atoms with van der Waals surface area (Å²) in [7, 11) is 0. The highest BCUT2D eigenvalue weighted by Crippen LogP contribution is 2.29. The second kappa shape index (κ2) is 8.79. The molecule has 0 radical (unpaired) electrons. The van der Waals surface area contributed by atoms with E-state index in [2.05, 4.69) is 41.2 Å². The average molecular weight is 413 g/mol. The predicted octanol–water partition coefficient (Wildman–Crippen LogP) is 5.79. The third-order valence-corrected chi connectivity index (χ3v) is 5.16. The normalized spacial score (nSPS) is 10.8. The van der Waals surface area contributed by atoms with Crippen LogP contribution in [0.15, 0.2) is 72.8 Å². The molecule has 0 aliphatic carbocycles. The Morgan fingerprint density at radius 1 is 0.935 bits per heavy atom. The minimum absolute atomic E-state index is 0.00990. The fourth-order valence-corrected chi connectivity index (χ4v) is 3.57. The number of benzene rings is 3. The Hall–Kier alpha value is -4.00. The van der Waals surface area contributed by atoms with Crippen molar-refractivity contribution in [3.8, 4) is 11.4 Å². The Morgan fingerprint density at radius 2 is 1.71 bits per heavy atom. The van der Waals surface area contributed by atoms with E-state index < -0.39 is 4.92 Å². The first-order chi connectivity index (χ1) is 15.1. The molecular weight excluding hydrogens is 390 g/mol. The number of nitrogens with one attached hydrogen (secondary N) is 1. The van der Waals surface area contributed by atoms with Gasteiger partial charge in [-0.1, -0.05) is 30.3 Å². The molecule has 4 rings (SSSR count). The maximum atomic E-state index is 11.2. The Morgan fingerprint density at radius 3 is 2.48 bits per heavy atom. The van der Waals surface area contributed by atoms with Gasteiger partial charge >= 0.3 is 0 Å². The van der Waals surface area contributed by atoms with Crippen LogP contribution < -0.4 is 10.2 Å². The number of nitrogens with zero attached hydrogens (tertiary/aromatic N) is 4. The number of nitro benzene ring substituents is 1. The second-order valence-corrected chi connectivity index (χ2v) is 7.07. The number of rotatable bonds is 7. The van der Waals surface area contributed by atoms with Crippen molar-refractivity contribution in [1.29, 1.82) is 0 Å². The molecule has 7 nitrogen and oxygen atoms in total. The molecule has 7 heteroatoms. The van der Waals surface area contributed by atoms with Crippen LogP contribution in [0.5, 0.6) is 0 Å². The van der Waals surface area contributed by atoms with Gasteiger partial charge in [-0.15, -0.1) is 0 Å². The number of hydrogen-bond donors (Lipinski definition) is 1. The molecule has 0 amide bonds. The van der Waals surface area contributed by atoms with Gasteiger partial charge < -0.3 is 10.2 Å². The van der Waals surface area contributed by atoms with Crippen molar-refractivity contribution in [3.05, 3.63) is 82.9 Å². The summed E-state index contributed by atoms with van der Waals surface area (Å²) in [6.45, 7) is 6.11. The lowest BCUT2D eigenvalue weighted by Crippen LogP contribution is -2.21. The van der Waals surface area contributed by atoms with Crippen molar-refractivity contribution in [2.75, 3.05) is 23.3 Å². The van der Waals surface area contributed by atoms with E-state index in [4.69, 9.17) is 4.98 Å². The molecule has 0 aliphatic heterocycles. The Kier molecular flexibility index (Phi) is 5.75. The van der Waals surface area contributed by atoms with Crippen molar-refractivity contribution < 1.29 is 4.92 Å². The number of aromatic nitrogens is 2. The van der Waals surface area contributed by atoms with Gasteiger partial charge in [-0.25, -0.2) is 9.97 Å². The molecule has 0 spiro atoms. The smallest absolute Gasteiger partial charge is 0.270 e. The Balaban J connectivity index is 1.79. The van der Waals surface area contributed by atoms with Crippen molar-refractivity contribution in [2.24, 2.45) is 0 Å². The first-order valence-electron chi connectivity index (χ1n) is 10.2. The molecule has 0 saturated carbocycles. The van der Waals surface area contributed by atoms with Gasteiger partial charge in [-0.05, 0) is 44.2 Å². The molecule has 1 heterocycles. The fraction of sp³-hybridized carbons (Fsp3) is 0.167. The highest BCUT2D eigenvalue weighted by Gasteiger charge is 2.13. The van der Waals surface area contributed by atoms with Crippen LogP contribution in [-0.4, -0.2) is 28.0 Å². The lowest BCUT2D eigenvalue weighted by molar-refractivity contribution is -0.384. The molecule has 0 aliphatic rings. The summed E-state index contributed by atoms with van der Waals surface area (Å²) in [5, 5.41) is 15.5. The van der Waals surface area contributed by atoms with Crippen LogP contribution in [0.2, 0.25) is 0 Å². The SMILES string of the molecule is CCN(CC)c1cccc(Nc2nc(-c3cccc([N+](=O)[O-])c3)nc3ccccc23)c1. The van der Waals surface area contributed by atoms with Crippen LogP contribution in [-0.2, 0) is 0 Å². The molecule has 0 saturated heterocycles. The molecule has 0 bridgehead atoms. The number of non-ortho nitro benzene ring substituents is 1. The maximum Gasteiger partial charge on any atom is 0.270 e. The van der Waals surface area contributed by atoms with E-state index in [1.807, 2.05) is 36.4 Å². The Bertz CT molecular complexity index is 1240. The predicted molar refractivity (Wildman–Crippen MR) is 125 cm³/mol. The minimum Gasteiger partial charge on any atom is -0.372 e. The summed E-state index contributed by atoms with van der Waals surface area (Å²) in [5.41, 5.74) is 3.42. The van der Waals surface area contributed by atoms with E-state index in [0.29, 0.717) is 17.2 Å². The summed E-state index contributed by atoms with van der Waals surface area (Å²) in [5.74, 6) is 1.09. The maximum absolute atomic E-state index is 11.2. The number of hydrogen-bond acceptors (Lipinski definition) is 6. The molecule has 1 aromatic heterocycles. The van der Waals surface area contributed by atoms with E-state index in [0.717, 1.165) is 35.4 Å². The summed E-state index contributed by atoms with van der Waals surface area (Å²) in [6, 6.07) is 22.3. The summed E-state index contributed by atoms with van der Waals surface area (Å²) >= 11 is 0. The highest BCUT2D eigenvalue weighted by atomic mass is 16.6. The molecule has 3 aromatic carbocycles. The summed E-state index contributed by atoms with van der Waals surface area (Å²) in [4.78, 5) is 22.4. The molecule has 31 heavy (non-hydrogen) atoms. The largest absolute Gasteiger partial charge is 0.372 e. The second-order valence-electron chi connectivity index (χ2n) is 7.07. The van der Waals surface area contributed by atoms with Gasteiger partial charge in [0.15, 0.2) is 5.82 Å². The first kappa shape index (κ1) is 20.3. The quantitative estimate of drug-likeness (QED) is 0.305. The third kappa shape index (κ3) is 4.30. The molecule has 156 valence electrons. The van der Waals surface area contributed by atoms with Gasteiger partial charge in [-0.2, -0.15) is 0 Å². The first-order valence-corrected chi connectivity index (χ1v) is 10.2. The lowest BCUT2D eigenvalue weighted by Gasteiger charge is -2.22. The van der Waals surface area contributed by atoms with Crippen LogP contribution in [0.25, 0.3) is 22.3 Å². The van der Waals surface area contributed by atoms with E-state index in [1.54, 1.807) is 12.1 Å². The van der Waals surface area contributed by atoms with E-state index >= 15 is 0 Å². The molecular formula is C24H23N5O2. The van der Waals surface area contributed by atoms with Crippen molar-refractivity contribution >= 4 is 33.8 Å². The lowest BCUT2D eigenvalue weighted by atomic mass is 10.1. The van der Waals surface area contributed by atoms with Gasteiger partial charge in [0.1, 0.15) is 5.82 Å². The van der Waals surface area contributed by atoms with Crippen LogP contribution in [0, 0.1) is 10.1 Å². The van der Waals surface area contributed by atoms with E-state index in [-0.39, 0.29) is 5.69 Å². The van der Waals surface area contributed by atoms with Crippen LogP contribution in [0.3, 0.4) is 0 Å². The van der Waals surface area contributed by atoms with Crippen molar-refractivity contribution in [1.82, 2.24) is 9.97 Å². The topological polar surface area (TPSA) is 84.2 Å². The van der Waals surface area contributed by atoms with Gasteiger partial charge in [0.2, 0.25) is 0 Å². The number of para-hydroxylation sites is 1. The number of fused-ring (bicyclic) bond motifs is 1. The zero-order chi connectivity index (χ0) is 21.8. The molecule has 0 fully saturated rings.